The maximum absolute atomic E-state index is 11.8. The van der Waals surface area contributed by atoms with Crippen LogP contribution in [0, 0.1) is 13.8 Å². The van der Waals surface area contributed by atoms with E-state index < -0.39 is 17.9 Å². The normalized spacial score (nSPS) is 11.8. The average molecular weight is 294 g/mol. The zero-order chi connectivity index (χ0) is 15.8. The van der Waals surface area contributed by atoms with Crippen LogP contribution >= 0.6 is 0 Å². The number of methoxy groups -OCH3 is 1. The van der Waals surface area contributed by atoms with Gasteiger partial charge in [-0.2, -0.15) is 0 Å². The number of benzene rings is 1. The van der Waals surface area contributed by atoms with Crippen LogP contribution in [0.5, 0.6) is 5.75 Å². The molecule has 6 heteroatoms. The standard InChI is InChI=1S/C15H22N2O4/c1-10-4-5-12(8-11(10)2)21-9-14(18)17-13(15(16)19)6-7-20-3/h4-5,8,13H,6-7,9H2,1-3H3,(H2,16,19)(H,17,18)/t13-/m1/s1. The van der Waals surface area contributed by atoms with Gasteiger partial charge in [0.25, 0.3) is 5.91 Å². The Hall–Kier alpha value is -2.08. The number of nitrogens with two attached hydrogens (primary N) is 1. The fourth-order valence-electron chi connectivity index (χ4n) is 1.71. The average Bonchev–Trinajstić information content (AvgIpc) is 2.44. The molecule has 0 spiro atoms. The Morgan fingerprint density at radius 3 is 2.57 bits per heavy atom. The van der Waals surface area contributed by atoms with Gasteiger partial charge in [-0.3, -0.25) is 9.59 Å². The molecule has 21 heavy (non-hydrogen) atoms. The highest BCUT2D eigenvalue weighted by molar-refractivity contribution is 5.87. The van der Waals surface area contributed by atoms with E-state index >= 15 is 0 Å². The zero-order valence-corrected chi connectivity index (χ0v) is 12.6. The Morgan fingerprint density at radius 2 is 2.00 bits per heavy atom. The fraction of sp³-hybridized carbons (Fsp3) is 0.467. The molecule has 0 unspecified atom stereocenters. The minimum atomic E-state index is -0.749. The Balaban J connectivity index is 2.48. The van der Waals surface area contributed by atoms with E-state index in [0.717, 1.165) is 11.1 Å². The molecule has 0 fully saturated rings. The van der Waals surface area contributed by atoms with Crippen LogP contribution in [0.25, 0.3) is 0 Å². The number of nitrogens with one attached hydrogen (secondary N) is 1. The summed E-state index contributed by atoms with van der Waals surface area (Å²) in [6, 6.07) is 4.83. The molecule has 1 aromatic rings. The Kier molecular flexibility index (Phi) is 6.68. The van der Waals surface area contributed by atoms with Crippen molar-refractivity contribution in [1.29, 1.82) is 0 Å². The minimum Gasteiger partial charge on any atom is -0.484 e. The molecule has 2 amide bonds. The highest BCUT2D eigenvalue weighted by Crippen LogP contribution is 2.16. The van der Waals surface area contributed by atoms with Crippen molar-refractivity contribution in [3.63, 3.8) is 0 Å². The molecule has 0 radical (unpaired) electrons. The quantitative estimate of drug-likeness (QED) is 0.738. The minimum absolute atomic E-state index is 0.167. The van der Waals surface area contributed by atoms with Crippen LogP contribution < -0.4 is 15.8 Å². The third-order valence-corrected chi connectivity index (χ3v) is 3.14. The highest BCUT2D eigenvalue weighted by Gasteiger charge is 2.17. The summed E-state index contributed by atoms with van der Waals surface area (Å²) < 4.78 is 10.3. The number of hydrogen-bond donors (Lipinski definition) is 2. The molecule has 0 aromatic heterocycles. The number of carbonyl (C=O) groups is 2. The van der Waals surface area contributed by atoms with Gasteiger partial charge in [-0.05, 0) is 43.5 Å². The molecule has 0 aliphatic rings. The van der Waals surface area contributed by atoms with Gasteiger partial charge in [-0.25, -0.2) is 0 Å². The van der Waals surface area contributed by atoms with E-state index in [9.17, 15) is 9.59 Å². The van der Waals surface area contributed by atoms with E-state index in [1.54, 1.807) is 6.07 Å². The predicted molar refractivity (Wildman–Crippen MR) is 79.0 cm³/mol. The van der Waals surface area contributed by atoms with Crippen LogP contribution in [-0.2, 0) is 14.3 Å². The fourth-order valence-corrected chi connectivity index (χ4v) is 1.71. The van der Waals surface area contributed by atoms with Crippen LogP contribution in [0.2, 0.25) is 0 Å². The van der Waals surface area contributed by atoms with Gasteiger partial charge in [0.2, 0.25) is 5.91 Å². The van der Waals surface area contributed by atoms with Crippen molar-refractivity contribution in [2.45, 2.75) is 26.3 Å². The smallest absolute Gasteiger partial charge is 0.258 e. The highest BCUT2D eigenvalue weighted by atomic mass is 16.5. The molecule has 1 rings (SSSR count). The first-order chi connectivity index (χ1) is 9.93. The summed E-state index contributed by atoms with van der Waals surface area (Å²) in [5.41, 5.74) is 7.46. The van der Waals surface area contributed by atoms with Crippen LogP contribution in [-0.4, -0.2) is 38.2 Å². The molecule has 6 nitrogen and oxygen atoms in total. The number of amides is 2. The Labute approximate surface area is 124 Å². The van der Waals surface area contributed by atoms with Crippen LogP contribution in [0.15, 0.2) is 18.2 Å². The molecule has 0 heterocycles. The maximum atomic E-state index is 11.8. The van der Waals surface area contributed by atoms with Gasteiger partial charge >= 0.3 is 0 Å². The van der Waals surface area contributed by atoms with Crippen molar-refractivity contribution in [1.82, 2.24) is 5.32 Å². The first kappa shape index (κ1) is 17.0. The first-order valence-corrected chi connectivity index (χ1v) is 6.71. The number of hydrogen-bond acceptors (Lipinski definition) is 4. The number of rotatable bonds is 8. The van der Waals surface area contributed by atoms with Crippen molar-refractivity contribution in [2.75, 3.05) is 20.3 Å². The molecule has 0 aliphatic heterocycles. The predicted octanol–water partition coefficient (Wildman–Crippen LogP) is 0.689. The van der Waals surface area contributed by atoms with Crippen molar-refractivity contribution >= 4 is 11.8 Å². The van der Waals surface area contributed by atoms with Crippen molar-refractivity contribution < 1.29 is 19.1 Å². The van der Waals surface area contributed by atoms with Gasteiger partial charge in [0, 0.05) is 13.7 Å². The van der Waals surface area contributed by atoms with E-state index in [1.807, 2.05) is 26.0 Å². The number of carbonyl (C=O) groups excluding carboxylic acids is 2. The lowest BCUT2D eigenvalue weighted by atomic mass is 10.1. The molecule has 0 bridgehead atoms. The summed E-state index contributed by atoms with van der Waals surface area (Å²) in [4.78, 5) is 23.0. The lowest BCUT2D eigenvalue weighted by Crippen LogP contribution is -2.46. The van der Waals surface area contributed by atoms with Crippen LogP contribution in [0.1, 0.15) is 17.5 Å². The molecular weight excluding hydrogens is 272 g/mol. The second kappa shape index (κ2) is 8.26. The van der Waals surface area contributed by atoms with E-state index in [0.29, 0.717) is 18.8 Å². The van der Waals surface area contributed by atoms with E-state index in [2.05, 4.69) is 5.32 Å². The lowest BCUT2D eigenvalue weighted by Gasteiger charge is -2.15. The zero-order valence-electron chi connectivity index (χ0n) is 12.6. The third kappa shape index (κ3) is 5.83. The van der Waals surface area contributed by atoms with Crippen LogP contribution in [0.4, 0.5) is 0 Å². The van der Waals surface area contributed by atoms with Gasteiger partial charge in [-0.15, -0.1) is 0 Å². The number of primary amides is 1. The topological polar surface area (TPSA) is 90.7 Å². The van der Waals surface area contributed by atoms with Crippen molar-refractivity contribution in [3.8, 4) is 5.75 Å². The van der Waals surface area contributed by atoms with Crippen molar-refractivity contribution in [3.05, 3.63) is 29.3 Å². The summed E-state index contributed by atoms with van der Waals surface area (Å²) >= 11 is 0. The Bertz CT molecular complexity index is 502. The SMILES string of the molecule is COCC[C@@H](NC(=O)COc1ccc(C)c(C)c1)C(N)=O. The second-order valence-corrected chi connectivity index (χ2v) is 4.84. The maximum Gasteiger partial charge on any atom is 0.258 e. The molecule has 0 saturated heterocycles. The summed E-state index contributed by atoms with van der Waals surface area (Å²) in [6.07, 6.45) is 0.335. The number of aryl methyl sites for hydroxylation is 2. The lowest BCUT2D eigenvalue weighted by molar-refractivity contribution is -0.128. The second-order valence-electron chi connectivity index (χ2n) is 4.84. The molecule has 116 valence electrons. The first-order valence-electron chi connectivity index (χ1n) is 6.71. The molecule has 0 saturated carbocycles. The summed E-state index contributed by atoms with van der Waals surface area (Å²) in [5, 5.41) is 2.53. The third-order valence-electron chi connectivity index (χ3n) is 3.14. The van der Waals surface area contributed by atoms with Crippen molar-refractivity contribution in [2.24, 2.45) is 5.73 Å². The number of ether oxygens (including phenoxy) is 2. The molecule has 0 aliphatic carbocycles. The summed E-state index contributed by atoms with van der Waals surface area (Å²) in [6.45, 7) is 4.14. The monoisotopic (exact) mass is 294 g/mol. The molecule has 1 atom stereocenters. The largest absolute Gasteiger partial charge is 0.484 e. The van der Waals surface area contributed by atoms with Gasteiger partial charge in [-0.1, -0.05) is 6.07 Å². The summed E-state index contributed by atoms with van der Waals surface area (Å²) in [7, 11) is 1.52. The molecular formula is C15H22N2O4. The molecule has 1 aromatic carbocycles. The molecule has 3 N–H and O–H groups in total. The van der Waals surface area contributed by atoms with Gasteiger partial charge in [0.05, 0.1) is 0 Å². The Morgan fingerprint density at radius 1 is 1.29 bits per heavy atom. The van der Waals surface area contributed by atoms with Gasteiger partial charge in [0.15, 0.2) is 6.61 Å². The van der Waals surface area contributed by atoms with E-state index in [1.165, 1.54) is 7.11 Å². The van der Waals surface area contributed by atoms with E-state index in [4.69, 9.17) is 15.2 Å². The van der Waals surface area contributed by atoms with Crippen LogP contribution in [0.3, 0.4) is 0 Å². The van der Waals surface area contributed by atoms with E-state index in [-0.39, 0.29) is 6.61 Å². The van der Waals surface area contributed by atoms with Gasteiger partial charge in [0.1, 0.15) is 11.8 Å². The van der Waals surface area contributed by atoms with Gasteiger partial charge < -0.3 is 20.5 Å². The summed E-state index contributed by atoms with van der Waals surface area (Å²) in [5.74, 6) is -0.375.